The van der Waals surface area contributed by atoms with Crippen molar-refractivity contribution in [1.29, 1.82) is 0 Å². The molecule has 3 fully saturated rings. The summed E-state index contributed by atoms with van der Waals surface area (Å²) in [5.41, 5.74) is 3.48. The molecular formula is C44H53N7O5. The second-order valence-corrected chi connectivity index (χ2v) is 15.5. The number of aromatic nitrogens is 1. The van der Waals surface area contributed by atoms with E-state index in [1.165, 1.54) is 19.3 Å². The number of fused-ring (bicyclic) bond motifs is 1. The number of hydrogen-bond donors (Lipinski definition) is 5. The van der Waals surface area contributed by atoms with Gasteiger partial charge < -0.3 is 36.1 Å². The highest BCUT2D eigenvalue weighted by Gasteiger charge is 2.38. The molecule has 0 spiro atoms. The molecule has 294 valence electrons. The monoisotopic (exact) mass is 759 g/mol. The van der Waals surface area contributed by atoms with Gasteiger partial charge in [0.15, 0.2) is 0 Å². The zero-order valence-electron chi connectivity index (χ0n) is 31.9. The molecule has 0 bridgehead atoms. The number of carbonyl (C=O) groups excluding carboxylic acids is 5. The van der Waals surface area contributed by atoms with E-state index >= 15 is 0 Å². The van der Waals surface area contributed by atoms with Gasteiger partial charge in [0.05, 0.1) is 6.04 Å². The predicted octanol–water partition coefficient (Wildman–Crippen LogP) is 3.26. The van der Waals surface area contributed by atoms with Gasteiger partial charge in [-0.2, -0.15) is 0 Å². The van der Waals surface area contributed by atoms with Crippen molar-refractivity contribution in [3.8, 4) is 0 Å². The highest BCUT2D eigenvalue weighted by atomic mass is 16.2. The number of aromatic amines is 1. The van der Waals surface area contributed by atoms with Crippen molar-refractivity contribution >= 4 is 40.4 Å². The first-order valence-corrected chi connectivity index (χ1v) is 20.1. The quantitative estimate of drug-likeness (QED) is 0.174. The van der Waals surface area contributed by atoms with E-state index in [1.807, 2.05) is 91.1 Å². The fourth-order valence-electron chi connectivity index (χ4n) is 8.47. The Labute approximate surface area is 328 Å². The van der Waals surface area contributed by atoms with Gasteiger partial charge in [-0.05, 0) is 68.0 Å². The number of para-hydroxylation sites is 1. The molecule has 5 N–H and O–H groups in total. The van der Waals surface area contributed by atoms with E-state index in [4.69, 9.17) is 0 Å². The lowest BCUT2D eigenvalue weighted by molar-refractivity contribution is -0.146. The Morgan fingerprint density at radius 3 is 1.98 bits per heavy atom. The third-order valence-electron chi connectivity index (χ3n) is 11.5. The van der Waals surface area contributed by atoms with E-state index in [2.05, 4.69) is 31.2 Å². The highest BCUT2D eigenvalue weighted by molar-refractivity contribution is 6.04. The molecule has 5 amide bonds. The van der Waals surface area contributed by atoms with Crippen molar-refractivity contribution in [2.45, 2.75) is 82.0 Å². The summed E-state index contributed by atoms with van der Waals surface area (Å²) in [4.78, 5) is 78.4. The SMILES string of the molecule is O=C1CC(C(=O)N2CCC(N3CCCCC3)CC2)C(=O)NC[C@@H](Cc2ccccc2)NC(=O)[C@H](Cc2ccccc2)NC(=O)[C@H](Cc2c[nH]c3ccccc23)N1. The van der Waals surface area contributed by atoms with E-state index in [9.17, 15) is 24.0 Å². The van der Waals surface area contributed by atoms with Gasteiger partial charge in [0.1, 0.15) is 18.0 Å². The fraction of sp³-hybridized carbons (Fsp3) is 0.432. The number of H-pyrrole nitrogens is 1. The van der Waals surface area contributed by atoms with E-state index in [-0.39, 0.29) is 19.4 Å². The Morgan fingerprint density at radius 1 is 0.643 bits per heavy atom. The van der Waals surface area contributed by atoms with Crippen LogP contribution in [0.15, 0.2) is 91.1 Å². The van der Waals surface area contributed by atoms with Crippen LogP contribution in [0.2, 0.25) is 0 Å². The normalized spacial score (nSPS) is 23.8. The van der Waals surface area contributed by atoms with Crippen LogP contribution in [0, 0.1) is 5.92 Å². The first-order chi connectivity index (χ1) is 27.3. The van der Waals surface area contributed by atoms with Gasteiger partial charge in [-0.25, -0.2) is 0 Å². The van der Waals surface area contributed by atoms with Crippen LogP contribution in [0.4, 0.5) is 0 Å². The summed E-state index contributed by atoms with van der Waals surface area (Å²) >= 11 is 0. The maximum Gasteiger partial charge on any atom is 0.243 e. The molecule has 3 aliphatic heterocycles. The van der Waals surface area contributed by atoms with Crippen molar-refractivity contribution in [3.05, 3.63) is 108 Å². The zero-order chi connectivity index (χ0) is 38.9. The molecule has 12 nitrogen and oxygen atoms in total. The molecule has 0 saturated carbocycles. The molecule has 1 unspecified atom stereocenters. The Balaban J connectivity index is 1.17. The van der Waals surface area contributed by atoms with Gasteiger partial charge in [-0.1, -0.05) is 85.3 Å². The molecule has 56 heavy (non-hydrogen) atoms. The first-order valence-electron chi connectivity index (χ1n) is 20.1. The van der Waals surface area contributed by atoms with Crippen LogP contribution in [-0.4, -0.2) is 101 Å². The predicted molar refractivity (Wildman–Crippen MR) is 214 cm³/mol. The standard InChI is InChI=1S/C44H53N7O5/c52-40-27-36(44(56)51-22-18-34(19-23-51)50-20-10-3-11-21-50)41(53)46-29-33(24-30-12-4-1-5-13-30)47-42(54)38(25-31-14-6-2-7-15-31)49-43(55)39(48-40)26-32-28-45-37-17-9-8-16-35(32)37/h1-2,4-9,12-17,28,33-34,36,38-39,45H,3,10-11,18-27,29H2,(H,46,53)(H,47,54)(H,48,52)(H,49,55)/t33-,36?,38+,39+/m1/s1. The molecule has 3 saturated heterocycles. The highest BCUT2D eigenvalue weighted by Crippen LogP contribution is 2.24. The van der Waals surface area contributed by atoms with Crippen molar-refractivity contribution < 1.29 is 24.0 Å². The summed E-state index contributed by atoms with van der Waals surface area (Å²) in [6, 6.07) is 24.5. The molecule has 0 aliphatic carbocycles. The number of piperidine rings is 2. The van der Waals surface area contributed by atoms with Gasteiger partial charge in [0.2, 0.25) is 29.5 Å². The summed E-state index contributed by atoms with van der Waals surface area (Å²) < 4.78 is 0. The maximum absolute atomic E-state index is 14.3. The second-order valence-electron chi connectivity index (χ2n) is 15.5. The average Bonchev–Trinajstić information content (AvgIpc) is 3.64. The van der Waals surface area contributed by atoms with Crippen molar-refractivity contribution in [1.82, 2.24) is 36.1 Å². The Hall–Kier alpha value is -5.49. The van der Waals surface area contributed by atoms with E-state index < -0.39 is 60.0 Å². The van der Waals surface area contributed by atoms with Gasteiger partial charge in [0, 0.05) is 62.0 Å². The van der Waals surface area contributed by atoms with Crippen LogP contribution in [0.3, 0.4) is 0 Å². The molecule has 3 aliphatic rings. The van der Waals surface area contributed by atoms with Crippen LogP contribution in [0.1, 0.15) is 55.2 Å². The van der Waals surface area contributed by atoms with E-state index in [0.29, 0.717) is 25.6 Å². The molecule has 3 aromatic carbocycles. The number of nitrogens with zero attached hydrogens (tertiary/aromatic N) is 2. The number of likely N-dealkylation sites (tertiary alicyclic amines) is 2. The first kappa shape index (κ1) is 38.8. The van der Waals surface area contributed by atoms with E-state index in [0.717, 1.165) is 53.5 Å². The van der Waals surface area contributed by atoms with Crippen LogP contribution >= 0.6 is 0 Å². The number of nitrogens with one attached hydrogen (secondary N) is 5. The third-order valence-corrected chi connectivity index (χ3v) is 11.5. The van der Waals surface area contributed by atoms with Crippen molar-refractivity contribution in [2.75, 3.05) is 32.7 Å². The number of amides is 5. The summed E-state index contributed by atoms with van der Waals surface area (Å²) in [6.45, 7) is 3.19. The smallest absolute Gasteiger partial charge is 0.243 e. The molecule has 4 heterocycles. The molecule has 4 atom stereocenters. The third kappa shape index (κ3) is 9.84. The van der Waals surface area contributed by atoms with Gasteiger partial charge in [-0.15, -0.1) is 0 Å². The average molecular weight is 760 g/mol. The molecule has 1 aromatic heterocycles. The molecule has 12 heteroatoms. The molecular weight excluding hydrogens is 707 g/mol. The number of hydrogen-bond acceptors (Lipinski definition) is 6. The lowest BCUT2D eigenvalue weighted by Crippen LogP contribution is -2.59. The van der Waals surface area contributed by atoms with E-state index in [1.54, 1.807) is 4.90 Å². The summed E-state index contributed by atoms with van der Waals surface area (Å²) in [5, 5.41) is 12.8. The van der Waals surface area contributed by atoms with Crippen LogP contribution < -0.4 is 21.3 Å². The summed E-state index contributed by atoms with van der Waals surface area (Å²) in [5.74, 6) is -3.83. The molecule has 0 radical (unpaired) electrons. The van der Waals surface area contributed by atoms with Crippen LogP contribution in [-0.2, 0) is 43.2 Å². The summed E-state index contributed by atoms with van der Waals surface area (Å²) in [7, 11) is 0. The number of carbonyl (C=O) groups is 5. The lowest BCUT2D eigenvalue weighted by atomic mass is 9.96. The summed E-state index contributed by atoms with van der Waals surface area (Å²) in [6.07, 6.45) is 7.37. The van der Waals surface area contributed by atoms with Gasteiger partial charge >= 0.3 is 0 Å². The number of rotatable bonds is 8. The largest absolute Gasteiger partial charge is 0.361 e. The van der Waals surface area contributed by atoms with Crippen molar-refractivity contribution in [3.63, 3.8) is 0 Å². The minimum Gasteiger partial charge on any atom is -0.361 e. The minimum atomic E-state index is -1.31. The van der Waals surface area contributed by atoms with Crippen molar-refractivity contribution in [2.24, 2.45) is 5.92 Å². The minimum absolute atomic E-state index is 0.0249. The Morgan fingerprint density at radius 2 is 1.27 bits per heavy atom. The second kappa shape index (κ2) is 18.4. The molecule has 7 rings (SSSR count). The van der Waals surface area contributed by atoms with Gasteiger partial charge in [0.25, 0.3) is 0 Å². The van der Waals surface area contributed by atoms with Gasteiger partial charge in [-0.3, -0.25) is 24.0 Å². The molecule has 4 aromatic rings. The maximum atomic E-state index is 14.3. The fourth-order valence-corrected chi connectivity index (χ4v) is 8.47. The Bertz CT molecular complexity index is 1970. The van der Waals surface area contributed by atoms with Crippen LogP contribution in [0.5, 0.6) is 0 Å². The zero-order valence-corrected chi connectivity index (χ0v) is 31.9. The van der Waals surface area contributed by atoms with Crippen LogP contribution in [0.25, 0.3) is 10.9 Å². The topological polar surface area (TPSA) is 156 Å². The lowest BCUT2D eigenvalue weighted by Gasteiger charge is -2.40. The number of benzene rings is 3. The Kier molecular flexibility index (Phi) is 12.8.